The Labute approximate surface area is 193 Å². The van der Waals surface area contributed by atoms with Gasteiger partial charge in [0, 0.05) is 24.7 Å². The van der Waals surface area contributed by atoms with Crippen LogP contribution in [0, 0.1) is 0 Å². The summed E-state index contributed by atoms with van der Waals surface area (Å²) < 4.78 is 11.5. The number of ether oxygens (including phenoxy) is 2. The number of piperidine rings is 1. The Morgan fingerprint density at radius 1 is 1.31 bits per heavy atom. The van der Waals surface area contributed by atoms with Gasteiger partial charge in [-0.1, -0.05) is 12.1 Å². The lowest BCUT2D eigenvalue weighted by molar-refractivity contribution is -0.115. The molecule has 9 heteroatoms. The monoisotopic (exact) mass is 461 g/mol. The van der Waals surface area contributed by atoms with E-state index in [2.05, 4.69) is 15.5 Å². The number of thioether (sulfide) groups is 1. The number of rotatable bonds is 5. The van der Waals surface area contributed by atoms with Crippen molar-refractivity contribution < 1.29 is 23.9 Å². The molecule has 0 aliphatic carbocycles. The largest absolute Gasteiger partial charge is 0.489 e. The number of carbonyl (C=O) groups excluding carboxylic acids is 3. The van der Waals surface area contributed by atoms with Gasteiger partial charge in [0.25, 0.3) is 11.1 Å². The summed E-state index contributed by atoms with van der Waals surface area (Å²) in [5.74, 6) is 0.297. The first-order valence-corrected chi connectivity index (χ1v) is 11.6. The highest BCUT2D eigenvalue weighted by molar-refractivity contribution is 8.18. The van der Waals surface area contributed by atoms with E-state index in [4.69, 9.17) is 9.47 Å². The van der Waals surface area contributed by atoms with E-state index in [0.29, 0.717) is 17.2 Å². The molecular weight excluding hydrogens is 430 g/mol. The summed E-state index contributed by atoms with van der Waals surface area (Å²) in [6.07, 6.45) is 2.96. The number of carbonyl (C=O) groups is 3. The Balaban J connectivity index is 1.89. The molecule has 2 heterocycles. The summed E-state index contributed by atoms with van der Waals surface area (Å²) in [6, 6.07) is 5.58. The van der Waals surface area contributed by atoms with Crippen LogP contribution in [-0.4, -0.2) is 48.1 Å². The number of nitrogens with one attached hydrogen (secondary N) is 2. The molecule has 0 spiro atoms. The van der Waals surface area contributed by atoms with Crippen molar-refractivity contribution in [1.82, 2.24) is 10.6 Å². The van der Waals surface area contributed by atoms with E-state index in [1.807, 2.05) is 52.8 Å². The van der Waals surface area contributed by atoms with Gasteiger partial charge in [0.05, 0.1) is 16.7 Å². The van der Waals surface area contributed by atoms with Crippen LogP contribution >= 0.6 is 11.8 Å². The maximum absolute atomic E-state index is 12.3. The fourth-order valence-corrected chi connectivity index (χ4v) is 4.35. The summed E-state index contributed by atoms with van der Waals surface area (Å²) in [4.78, 5) is 38.5. The predicted octanol–water partition coefficient (Wildman–Crippen LogP) is 4.29. The molecule has 1 aromatic rings. The molecule has 1 aromatic carbocycles. The summed E-state index contributed by atoms with van der Waals surface area (Å²) in [7, 11) is 0. The van der Waals surface area contributed by atoms with Crippen LogP contribution < -0.4 is 20.3 Å². The van der Waals surface area contributed by atoms with Gasteiger partial charge in [0.1, 0.15) is 11.4 Å². The van der Waals surface area contributed by atoms with Crippen molar-refractivity contribution in [2.75, 3.05) is 18.0 Å². The van der Waals surface area contributed by atoms with Gasteiger partial charge in [-0.25, -0.2) is 4.79 Å². The normalized spacial score (nSPS) is 20.5. The van der Waals surface area contributed by atoms with E-state index >= 15 is 0 Å². The molecule has 0 aromatic heterocycles. The second-order valence-corrected chi connectivity index (χ2v) is 10.2. The van der Waals surface area contributed by atoms with E-state index in [9.17, 15) is 14.4 Å². The van der Waals surface area contributed by atoms with Crippen molar-refractivity contribution in [3.63, 3.8) is 0 Å². The van der Waals surface area contributed by atoms with Crippen LogP contribution in [0.1, 0.15) is 53.0 Å². The van der Waals surface area contributed by atoms with Gasteiger partial charge in [-0.2, -0.15) is 0 Å². The van der Waals surface area contributed by atoms with E-state index < -0.39 is 17.6 Å². The van der Waals surface area contributed by atoms with Crippen LogP contribution in [0.4, 0.5) is 15.3 Å². The van der Waals surface area contributed by atoms with Crippen LogP contribution in [0.25, 0.3) is 6.08 Å². The van der Waals surface area contributed by atoms with Crippen molar-refractivity contribution in [1.29, 1.82) is 0 Å². The third kappa shape index (κ3) is 6.41. The number of benzene rings is 1. The second kappa shape index (κ2) is 9.85. The SMILES string of the molecule is CC(C)Oc1cccc(/C=C2\SC(=O)NC2=O)c1N1CCC[C@@H](NC(=O)OC(C)(C)C)C1. The standard InChI is InChI=1S/C23H31N3O5S/c1-14(2)30-17-10-6-8-15(12-18-20(27)25-22(29)32-18)19(17)26-11-7-9-16(13-26)24-21(28)31-23(3,4)5/h6,8,10,12,14,16H,7,9,11,13H2,1-5H3,(H,24,28)(H,25,27,29)/b18-12-/t16-/m1/s1. The molecule has 2 N–H and O–H groups in total. The molecule has 0 saturated carbocycles. The van der Waals surface area contributed by atoms with Gasteiger partial charge in [0.15, 0.2) is 0 Å². The minimum atomic E-state index is -0.563. The van der Waals surface area contributed by atoms with E-state index in [1.54, 1.807) is 6.08 Å². The zero-order valence-electron chi connectivity index (χ0n) is 19.2. The fourth-order valence-electron chi connectivity index (χ4n) is 3.68. The Hall–Kier alpha value is -2.68. The number of amides is 3. The number of para-hydroxylation sites is 1. The maximum atomic E-state index is 12.3. The molecular formula is C23H31N3O5S. The third-order valence-electron chi connectivity index (χ3n) is 4.78. The van der Waals surface area contributed by atoms with Crippen LogP contribution in [0.2, 0.25) is 0 Å². The van der Waals surface area contributed by atoms with E-state index in [1.165, 1.54) is 0 Å². The first-order valence-electron chi connectivity index (χ1n) is 10.8. The van der Waals surface area contributed by atoms with Gasteiger partial charge in [-0.15, -0.1) is 0 Å². The van der Waals surface area contributed by atoms with Gasteiger partial charge < -0.3 is 19.7 Å². The van der Waals surface area contributed by atoms with Crippen molar-refractivity contribution in [2.45, 2.75) is 65.2 Å². The molecule has 3 rings (SSSR count). The fraction of sp³-hybridized carbons (Fsp3) is 0.522. The Morgan fingerprint density at radius 3 is 2.69 bits per heavy atom. The summed E-state index contributed by atoms with van der Waals surface area (Å²) in [5.41, 5.74) is 1.07. The van der Waals surface area contributed by atoms with Crippen LogP contribution in [0.15, 0.2) is 23.1 Å². The topological polar surface area (TPSA) is 97.0 Å². The van der Waals surface area contributed by atoms with Gasteiger partial charge >= 0.3 is 6.09 Å². The Bertz CT molecular complexity index is 923. The summed E-state index contributed by atoms with van der Waals surface area (Å²) in [6.45, 7) is 10.8. The summed E-state index contributed by atoms with van der Waals surface area (Å²) in [5, 5.41) is 4.88. The van der Waals surface area contributed by atoms with Crippen molar-refractivity contribution in [2.24, 2.45) is 0 Å². The molecule has 0 bridgehead atoms. The molecule has 2 aliphatic heterocycles. The molecule has 0 radical (unpaired) electrons. The summed E-state index contributed by atoms with van der Waals surface area (Å²) >= 11 is 0.886. The van der Waals surface area contributed by atoms with Crippen LogP contribution in [0.5, 0.6) is 5.75 Å². The lowest BCUT2D eigenvalue weighted by Gasteiger charge is -2.37. The van der Waals surface area contributed by atoms with Crippen molar-refractivity contribution in [3.05, 3.63) is 28.7 Å². The molecule has 0 unspecified atom stereocenters. The Morgan fingerprint density at radius 2 is 2.06 bits per heavy atom. The minimum Gasteiger partial charge on any atom is -0.489 e. The van der Waals surface area contributed by atoms with Gasteiger partial charge in [-0.05, 0) is 71.4 Å². The zero-order chi connectivity index (χ0) is 23.5. The molecule has 2 saturated heterocycles. The Kier molecular flexibility index (Phi) is 7.38. The molecule has 174 valence electrons. The predicted molar refractivity (Wildman–Crippen MR) is 126 cm³/mol. The first kappa shape index (κ1) is 24.0. The molecule has 8 nitrogen and oxygen atoms in total. The number of hydrogen-bond acceptors (Lipinski definition) is 7. The van der Waals surface area contributed by atoms with E-state index in [-0.39, 0.29) is 17.4 Å². The minimum absolute atomic E-state index is 0.0390. The highest BCUT2D eigenvalue weighted by Crippen LogP contribution is 2.38. The number of hydrogen-bond donors (Lipinski definition) is 2. The molecule has 1 atom stereocenters. The molecule has 2 aliphatic rings. The highest BCUT2D eigenvalue weighted by atomic mass is 32.2. The number of nitrogens with zero attached hydrogens (tertiary/aromatic N) is 1. The maximum Gasteiger partial charge on any atom is 0.407 e. The zero-order valence-corrected chi connectivity index (χ0v) is 20.0. The molecule has 2 fully saturated rings. The van der Waals surface area contributed by atoms with Crippen molar-refractivity contribution in [3.8, 4) is 5.75 Å². The van der Waals surface area contributed by atoms with Gasteiger partial charge in [-0.3, -0.25) is 14.9 Å². The second-order valence-electron chi connectivity index (χ2n) is 9.14. The quantitative estimate of drug-likeness (QED) is 0.631. The lowest BCUT2D eigenvalue weighted by atomic mass is 10.0. The number of alkyl carbamates (subject to hydrolysis) is 1. The third-order valence-corrected chi connectivity index (χ3v) is 5.59. The first-order chi connectivity index (χ1) is 15.0. The van der Waals surface area contributed by atoms with Crippen molar-refractivity contribution >= 4 is 40.8 Å². The van der Waals surface area contributed by atoms with E-state index in [0.717, 1.165) is 42.4 Å². The average Bonchev–Trinajstić information content (AvgIpc) is 2.97. The van der Waals surface area contributed by atoms with Gasteiger partial charge in [0.2, 0.25) is 0 Å². The number of anilines is 1. The molecule has 32 heavy (non-hydrogen) atoms. The smallest absolute Gasteiger partial charge is 0.407 e. The highest BCUT2D eigenvalue weighted by Gasteiger charge is 2.29. The average molecular weight is 462 g/mol. The van der Waals surface area contributed by atoms with Crippen LogP contribution in [-0.2, 0) is 9.53 Å². The molecule has 3 amide bonds. The van der Waals surface area contributed by atoms with Crippen LogP contribution in [0.3, 0.4) is 0 Å². The lowest BCUT2D eigenvalue weighted by Crippen LogP contribution is -2.49. The number of imide groups is 1.